The lowest BCUT2D eigenvalue weighted by molar-refractivity contribution is 0.266. The molecular weight excluding hydrogens is 191 g/mol. The molecule has 2 rings (SSSR count). The molecule has 82 valence electrons. The van der Waals surface area contributed by atoms with E-state index >= 15 is 0 Å². The summed E-state index contributed by atoms with van der Waals surface area (Å²) >= 11 is 0. The second-order valence-corrected chi connectivity index (χ2v) is 3.14. The van der Waals surface area contributed by atoms with Crippen molar-refractivity contribution < 1.29 is 9.68 Å². The van der Waals surface area contributed by atoms with Crippen molar-refractivity contribution in [1.29, 1.82) is 0 Å². The number of fused-ring (bicyclic) bond motifs is 1. The predicted molar refractivity (Wildman–Crippen MR) is 63.4 cm³/mol. The van der Waals surface area contributed by atoms with E-state index in [2.05, 4.69) is 17.1 Å². The van der Waals surface area contributed by atoms with Gasteiger partial charge in [-0.2, -0.15) is 0 Å². The van der Waals surface area contributed by atoms with E-state index in [-0.39, 0.29) is 0 Å². The monoisotopic (exact) mass is 208 g/mol. The molecule has 0 unspecified atom stereocenters. The average molecular weight is 208 g/mol. The molecule has 5 heteroatoms. The van der Waals surface area contributed by atoms with Gasteiger partial charge in [0.15, 0.2) is 0 Å². The van der Waals surface area contributed by atoms with Crippen molar-refractivity contribution in [2.24, 2.45) is 5.73 Å². The van der Waals surface area contributed by atoms with Gasteiger partial charge in [-0.3, -0.25) is 0 Å². The summed E-state index contributed by atoms with van der Waals surface area (Å²) in [6.45, 7) is 0.599. The van der Waals surface area contributed by atoms with Crippen LogP contribution in [-0.4, -0.2) is 32.8 Å². The van der Waals surface area contributed by atoms with Crippen LogP contribution in [0, 0.1) is 0 Å². The minimum absolute atomic E-state index is 0.599. The zero-order valence-electron chi connectivity index (χ0n) is 9.16. The highest BCUT2D eigenvalue weighted by Gasteiger charge is 2.24. The summed E-state index contributed by atoms with van der Waals surface area (Å²) in [4.78, 5) is 0. The van der Waals surface area contributed by atoms with Crippen molar-refractivity contribution in [1.82, 2.24) is 0 Å². The summed E-state index contributed by atoms with van der Waals surface area (Å²) in [5, 5.41) is 12.6. The van der Waals surface area contributed by atoms with Crippen LogP contribution in [0.5, 0.6) is 0 Å². The van der Waals surface area contributed by atoms with E-state index in [0.717, 1.165) is 17.6 Å². The maximum Gasteiger partial charge on any atom is 0.491 e. The Bertz CT molecular complexity index is 320. The van der Waals surface area contributed by atoms with Crippen LogP contribution >= 0.6 is 0 Å². The van der Waals surface area contributed by atoms with Gasteiger partial charge in [0.2, 0.25) is 0 Å². The third-order valence-corrected chi connectivity index (χ3v) is 2.34. The molecular formula is C10H17BN2O2. The fraction of sp³-hybridized carbons (Fsp3) is 0.400. The van der Waals surface area contributed by atoms with Gasteiger partial charge in [0.1, 0.15) is 0 Å². The number of anilines is 1. The molecule has 0 fully saturated rings. The van der Waals surface area contributed by atoms with Crippen LogP contribution < -0.4 is 16.5 Å². The van der Waals surface area contributed by atoms with Crippen molar-refractivity contribution in [3.8, 4) is 0 Å². The highest BCUT2D eigenvalue weighted by Crippen LogP contribution is 2.12. The fourth-order valence-corrected chi connectivity index (χ4v) is 1.59. The summed E-state index contributed by atoms with van der Waals surface area (Å²) in [6, 6.07) is 5.91. The Hall–Kier alpha value is -1.04. The van der Waals surface area contributed by atoms with Gasteiger partial charge in [-0.15, -0.1) is 0 Å². The second-order valence-electron chi connectivity index (χ2n) is 3.14. The molecule has 15 heavy (non-hydrogen) atoms. The molecule has 0 atom stereocenters. The number of rotatable bonds is 1. The Morgan fingerprint density at radius 3 is 2.87 bits per heavy atom. The highest BCUT2D eigenvalue weighted by atomic mass is 16.5. The summed E-state index contributed by atoms with van der Waals surface area (Å²) in [5.41, 5.74) is 7.64. The fourth-order valence-electron chi connectivity index (χ4n) is 1.59. The maximum absolute atomic E-state index is 9.48. The summed E-state index contributed by atoms with van der Waals surface area (Å²) in [7, 11) is 2.65. The Balaban J connectivity index is 0.000000531. The maximum atomic E-state index is 9.48. The molecule has 4 N–H and O–H groups in total. The lowest BCUT2D eigenvalue weighted by Crippen LogP contribution is -2.41. The van der Waals surface area contributed by atoms with Crippen molar-refractivity contribution in [3.05, 3.63) is 23.8 Å². The quantitative estimate of drug-likeness (QED) is 0.547. The molecule has 0 aliphatic carbocycles. The zero-order valence-corrected chi connectivity index (χ0v) is 9.16. The third kappa shape index (κ3) is 2.71. The Kier molecular flexibility index (Phi) is 4.61. The molecule has 4 nitrogen and oxygen atoms in total. The normalized spacial score (nSPS) is 13.7. The first kappa shape index (κ1) is 12.0. The van der Waals surface area contributed by atoms with E-state index in [9.17, 15) is 5.02 Å². The molecule has 1 heterocycles. The van der Waals surface area contributed by atoms with Crippen LogP contribution in [0.3, 0.4) is 0 Å². The van der Waals surface area contributed by atoms with Gasteiger partial charge in [-0.25, -0.2) is 0 Å². The molecule has 0 aromatic heterocycles. The first-order valence-electron chi connectivity index (χ1n) is 4.99. The molecule has 0 saturated heterocycles. The van der Waals surface area contributed by atoms with Crippen molar-refractivity contribution in [2.75, 3.05) is 26.0 Å². The Morgan fingerprint density at radius 2 is 2.20 bits per heavy atom. The number of benzene rings is 1. The number of hydrogen-bond acceptors (Lipinski definition) is 4. The Morgan fingerprint density at radius 1 is 1.47 bits per heavy atom. The third-order valence-electron chi connectivity index (χ3n) is 2.34. The van der Waals surface area contributed by atoms with E-state index in [4.69, 9.17) is 4.65 Å². The summed E-state index contributed by atoms with van der Waals surface area (Å²) < 4.78 is 5.11. The largest absolute Gasteiger partial charge is 0.491 e. The van der Waals surface area contributed by atoms with Crippen LogP contribution in [0.4, 0.5) is 5.69 Å². The smallest absolute Gasteiger partial charge is 0.423 e. The topological polar surface area (TPSA) is 67.5 Å². The molecule has 1 aromatic carbocycles. The summed E-state index contributed by atoms with van der Waals surface area (Å²) in [6.07, 6.45) is 0.877. The van der Waals surface area contributed by atoms with E-state index in [1.807, 2.05) is 19.2 Å². The van der Waals surface area contributed by atoms with Crippen LogP contribution in [0.1, 0.15) is 5.56 Å². The van der Waals surface area contributed by atoms with E-state index < -0.39 is 7.12 Å². The molecule has 0 bridgehead atoms. The van der Waals surface area contributed by atoms with Crippen LogP contribution in [-0.2, 0) is 11.1 Å². The number of nitrogens with two attached hydrogens (primary N) is 1. The number of hydrogen-bond donors (Lipinski definition) is 3. The molecule has 0 spiro atoms. The lowest BCUT2D eigenvalue weighted by Gasteiger charge is -2.19. The first-order chi connectivity index (χ1) is 7.31. The van der Waals surface area contributed by atoms with Gasteiger partial charge < -0.3 is 20.7 Å². The minimum atomic E-state index is -0.741. The van der Waals surface area contributed by atoms with Gasteiger partial charge in [-0.05, 0) is 36.6 Å². The van der Waals surface area contributed by atoms with E-state index in [1.165, 1.54) is 12.6 Å². The molecule has 0 amide bonds. The van der Waals surface area contributed by atoms with Crippen molar-refractivity contribution in [3.63, 3.8) is 0 Å². The summed E-state index contributed by atoms with van der Waals surface area (Å²) in [5.74, 6) is 0. The van der Waals surface area contributed by atoms with Crippen molar-refractivity contribution in [2.45, 2.75) is 6.42 Å². The number of nitrogens with one attached hydrogen (secondary N) is 1. The van der Waals surface area contributed by atoms with Crippen molar-refractivity contribution >= 4 is 18.3 Å². The Labute approximate surface area is 90.6 Å². The van der Waals surface area contributed by atoms with Gasteiger partial charge in [0.05, 0.1) is 0 Å². The van der Waals surface area contributed by atoms with Crippen LogP contribution in [0.15, 0.2) is 18.2 Å². The minimum Gasteiger partial charge on any atom is -0.423 e. The SMILES string of the molecule is CN.CNc1ccc2c(c1)CCOB2O. The van der Waals surface area contributed by atoms with Crippen LogP contribution in [0.2, 0.25) is 0 Å². The molecule has 1 aromatic rings. The molecule has 1 aliphatic rings. The van der Waals surface area contributed by atoms with E-state index in [1.54, 1.807) is 0 Å². The average Bonchev–Trinajstić information content (AvgIpc) is 2.31. The molecule has 1 aliphatic heterocycles. The lowest BCUT2D eigenvalue weighted by atomic mass is 9.73. The van der Waals surface area contributed by atoms with Gasteiger partial charge >= 0.3 is 7.12 Å². The van der Waals surface area contributed by atoms with Gasteiger partial charge in [0.25, 0.3) is 0 Å². The zero-order chi connectivity index (χ0) is 11.3. The second kappa shape index (κ2) is 5.75. The van der Waals surface area contributed by atoms with Crippen LogP contribution in [0.25, 0.3) is 0 Å². The predicted octanol–water partition coefficient (Wildman–Crippen LogP) is -0.437. The van der Waals surface area contributed by atoms with Gasteiger partial charge in [0, 0.05) is 19.3 Å². The first-order valence-corrected chi connectivity index (χ1v) is 4.99. The standard InChI is InChI=1S/C9H12BNO2.CH5N/c1-11-8-2-3-9-7(6-8)4-5-13-10(9)12;1-2/h2-3,6,11-12H,4-5H2,1H3;2H2,1H3. The highest BCUT2D eigenvalue weighted by molar-refractivity contribution is 6.60. The van der Waals surface area contributed by atoms with Gasteiger partial charge in [-0.1, -0.05) is 6.07 Å². The molecule has 0 saturated carbocycles. The van der Waals surface area contributed by atoms with E-state index in [0.29, 0.717) is 6.61 Å². The molecule has 0 radical (unpaired) electrons.